The van der Waals surface area contributed by atoms with Gasteiger partial charge in [0, 0.05) is 17.3 Å². The molecule has 3 aromatic rings. The number of carbonyl (C=O) groups excluding carboxylic acids is 2. The zero-order valence-corrected chi connectivity index (χ0v) is 16.5. The van der Waals surface area contributed by atoms with Crippen LogP contribution in [0.25, 0.3) is 11.1 Å². The van der Waals surface area contributed by atoms with E-state index < -0.39 is 0 Å². The van der Waals surface area contributed by atoms with Crippen molar-refractivity contribution in [1.82, 2.24) is 5.32 Å². The van der Waals surface area contributed by atoms with Crippen molar-refractivity contribution in [2.75, 3.05) is 11.9 Å². The first kappa shape index (κ1) is 20.1. The molecule has 5 heteroatoms. The summed E-state index contributed by atoms with van der Waals surface area (Å²) < 4.78 is 5.57. The molecule has 5 nitrogen and oxygen atoms in total. The van der Waals surface area contributed by atoms with Crippen LogP contribution in [0.1, 0.15) is 24.2 Å². The highest BCUT2D eigenvalue weighted by Gasteiger charge is 2.09. The third-order valence-electron chi connectivity index (χ3n) is 4.16. The van der Waals surface area contributed by atoms with E-state index in [1.54, 1.807) is 24.3 Å². The Morgan fingerprint density at radius 2 is 1.55 bits per heavy atom. The molecular formula is C24H24N2O3. The summed E-state index contributed by atoms with van der Waals surface area (Å²) in [5.41, 5.74) is 3.25. The molecule has 29 heavy (non-hydrogen) atoms. The topological polar surface area (TPSA) is 67.4 Å². The lowest BCUT2D eigenvalue weighted by molar-refractivity contribution is -0.118. The fourth-order valence-corrected chi connectivity index (χ4v) is 2.80. The number of carbonyl (C=O) groups is 2. The van der Waals surface area contributed by atoms with Gasteiger partial charge in [-0.1, -0.05) is 48.5 Å². The van der Waals surface area contributed by atoms with Crippen molar-refractivity contribution in [2.24, 2.45) is 0 Å². The van der Waals surface area contributed by atoms with Crippen molar-refractivity contribution >= 4 is 17.5 Å². The van der Waals surface area contributed by atoms with Gasteiger partial charge >= 0.3 is 0 Å². The highest BCUT2D eigenvalue weighted by atomic mass is 16.5. The minimum absolute atomic E-state index is 0.0439. The third-order valence-corrected chi connectivity index (χ3v) is 4.16. The first-order valence-corrected chi connectivity index (χ1v) is 9.50. The number of rotatable bonds is 7. The number of benzene rings is 3. The first-order valence-electron chi connectivity index (χ1n) is 9.50. The lowest BCUT2D eigenvalue weighted by Gasteiger charge is -2.11. The summed E-state index contributed by atoms with van der Waals surface area (Å²) in [7, 11) is 0. The molecule has 0 fully saturated rings. The van der Waals surface area contributed by atoms with Crippen molar-refractivity contribution in [1.29, 1.82) is 0 Å². The molecule has 0 atom stereocenters. The monoisotopic (exact) mass is 388 g/mol. The van der Waals surface area contributed by atoms with Crippen LogP contribution in [0, 0.1) is 0 Å². The van der Waals surface area contributed by atoms with E-state index in [1.165, 1.54) is 0 Å². The molecule has 0 saturated heterocycles. The van der Waals surface area contributed by atoms with Gasteiger partial charge in [-0.2, -0.15) is 0 Å². The maximum atomic E-state index is 12.2. The molecule has 0 aromatic heterocycles. The van der Waals surface area contributed by atoms with Crippen molar-refractivity contribution in [3.8, 4) is 16.9 Å². The second-order valence-electron chi connectivity index (χ2n) is 6.94. The van der Waals surface area contributed by atoms with Gasteiger partial charge in [0.1, 0.15) is 5.75 Å². The molecule has 0 radical (unpaired) electrons. The molecule has 0 saturated carbocycles. The summed E-state index contributed by atoms with van der Waals surface area (Å²) in [5.74, 6) is 0.148. The molecule has 2 amide bonds. The Hall–Kier alpha value is -3.60. The fourth-order valence-electron chi connectivity index (χ4n) is 2.80. The van der Waals surface area contributed by atoms with E-state index in [-0.39, 0.29) is 24.5 Å². The zero-order valence-electron chi connectivity index (χ0n) is 16.5. The van der Waals surface area contributed by atoms with Gasteiger partial charge in [-0.3, -0.25) is 9.59 Å². The number of amides is 2. The van der Waals surface area contributed by atoms with E-state index >= 15 is 0 Å². The van der Waals surface area contributed by atoms with Gasteiger partial charge < -0.3 is 15.4 Å². The van der Waals surface area contributed by atoms with E-state index in [4.69, 9.17) is 4.74 Å². The summed E-state index contributed by atoms with van der Waals surface area (Å²) in [6.45, 7) is 3.67. The molecule has 148 valence electrons. The third kappa shape index (κ3) is 5.94. The Balaban J connectivity index is 1.54. The Kier molecular flexibility index (Phi) is 6.63. The fraction of sp³-hybridized carbons (Fsp3) is 0.167. The molecule has 0 heterocycles. The second kappa shape index (κ2) is 9.55. The van der Waals surface area contributed by atoms with E-state index in [1.807, 2.05) is 68.4 Å². The van der Waals surface area contributed by atoms with Crippen molar-refractivity contribution in [3.63, 3.8) is 0 Å². The highest BCUT2D eigenvalue weighted by molar-refractivity contribution is 5.97. The van der Waals surface area contributed by atoms with E-state index in [0.29, 0.717) is 17.0 Å². The van der Waals surface area contributed by atoms with Crippen LogP contribution in [0.5, 0.6) is 5.75 Å². The largest absolute Gasteiger partial charge is 0.484 e. The summed E-state index contributed by atoms with van der Waals surface area (Å²) in [6, 6.07) is 24.5. The van der Waals surface area contributed by atoms with Crippen LogP contribution >= 0.6 is 0 Å². The number of hydrogen-bond acceptors (Lipinski definition) is 3. The minimum atomic E-state index is -0.293. The van der Waals surface area contributed by atoms with Gasteiger partial charge in [0.25, 0.3) is 11.8 Å². The van der Waals surface area contributed by atoms with Crippen LogP contribution in [-0.4, -0.2) is 24.5 Å². The van der Waals surface area contributed by atoms with Crippen molar-refractivity contribution in [2.45, 2.75) is 19.9 Å². The molecule has 0 bridgehead atoms. The average molecular weight is 388 g/mol. The number of hydrogen-bond donors (Lipinski definition) is 2. The van der Waals surface area contributed by atoms with Crippen LogP contribution < -0.4 is 15.4 Å². The van der Waals surface area contributed by atoms with Gasteiger partial charge in [0.05, 0.1) is 0 Å². The minimum Gasteiger partial charge on any atom is -0.484 e. The maximum Gasteiger partial charge on any atom is 0.262 e. The summed E-state index contributed by atoms with van der Waals surface area (Å²) >= 11 is 0. The molecule has 2 N–H and O–H groups in total. The smallest absolute Gasteiger partial charge is 0.262 e. The lowest BCUT2D eigenvalue weighted by Crippen LogP contribution is -2.30. The van der Waals surface area contributed by atoms with Gasteiger partial charge in [0.2, 0.25) is 0 Å². The van der Waals surface area contributed by atoms with Crippen molar-refractivity contribution < 1.29 is 14.3 Å². The number of nitrogens with one attached hydrogen (secondary N) is 2. The Labute approximate surface area is 170 Å². The predicted molar refractivity (Wildman–Crippen MR) is 115 cm³/mol. The molecule has 3 rings (SSSR count). The summed E-state index contributed by atoms with van der Waals surface area (Å²) in [6.07, 6.45) is 0. The molecule has 0 unspecified atom stereocenters. The molecular weight excluding hydrogens is 364 g/mol. The average Bonchev–Trinajstić information content (AvgIpc) is 2.73. The standard InChI is InChI=1S/C24H24N2O3/c1-17(2)25-24(28)20-9-6-10-21(15-20)26-23(27)16-29-22-13-11-19(12-14-22)18-7-4-3-5-8-18/h3-15,17H,16H2,1-2H3,(H,25,28)(H,26,27). The first-order chi connectivity index (χ1) is 14.0. The molecule has 0 aliphatic carbocycles. The Morgan fingerprint density at radius 3 is 2.24 bits per heavy atom. The van der Waals surface area contributed by atoms with Crippen LogP contribution in [0.4, 0.5) is 5.69 Å². The SMILES string of the molecule is CC(C)NC(=O)c1cccc(NC(=O)COc2ccc(-c3ccccc3)cc2)c1. The zero-order chi connectivity index (χ0) is 20.6. The molecule has 3 aromatic carbocycles. The number of ether oxygens (including phenoxy) is 1. The van der Waals surface area contributed by atoms with Gasteiger partial charge in [0.15, 0.2) is 6.61 Å². The van der Waals surface area contributed by atoms with E-state index in [0.717, 1.165) is 11.1 Å². The van der Waals surface area contributed by atoms with Gasteiger partial charge in [-0.05, 0) is 55.3 Å². The number of anilines is 1. The van der Waals surface area contributed by atoms with Crippen LogP contribution in [0.3, 0.4) is 0 Å². The molecule has 0 spiro atoms. The lowest BCUT2D eigenvalue weighted by atomic mass is 10.1. The van der Waals surface area contributed by atoms with Crippen molar-refractivity contribution in [3.05, 3.63) is 84.4 Å². The maximum absolute atomic E-state index is 12.2. The Bertz CT molecular complexity index is 967. The van der Waals surface area contributed by atoms with E-state index in [2.05, 4.69) is 10.6 Å². The second-order valence-corrected chi connectivity index (χ2v) is 6.94. The Morgan fingerprint density at radius 1 is 0.862 bits per heavy atom. The highest BCUT2D eigenvalue weighted by Crippen LogP contribution is 2.22. The predicted octanol–water partition coefficient (Wildman–Crippen LogP) is 4.51. The summed E-state index contributed by atoms with van der Waals surface area (Å²) in [5, 5.41) is 5.58. The quantitative estimate of drug-likeness (QED) is 0.626. The normalized spacial score (nSPS) is 10.4. The van der Waals surface area contributed by atoms with Crippen LogP contribution in [0.2, 0.25) is 0 Å². The van der Waals surface area contributed by atoms with Crippen LogP contribution in [0.15, 0.2) is 78.9 Å². The molecule has 0 aliphatic heterocycles. The summed E-state index contributed by atoms with van der Waals surface area (Å²) in [4.78, 5) is 24.3. The van der Waals surface area contributed by atoms with Crippen LogP contribution in [-0.2, 0) is 4.79 Å². The van der Waals surface area contributed by atoms with E-state index in [9.17, 15) is 9.59 Å². The van der Waals surface area contributed by atoms with Gasteiger partial charge in [-0.25, -0.2) is 0 Å². The molecule has 0 aliphatic rings. The van der Waals surface area contributed by atoms with Gasteiger partial charge in [-0.15, -0.1) is 0 Å².